The Labute approximate surface area is 143 Å². The molecule has 2 amide bonds. The smallest absolute Gasteiger partial charge is 0.251 e. The Bertz CT molecular complexity index is 510. The summed E-state index contributed by atoms with van der Waals surface area (Å²) in [5.41, 5.74) is 0.436. The summed E-state index contributed by atoms with van der Waals surface area (Å²) in [6.07, 6.45) is 4.76. The molecule has 24 heavy (non-hydrogen) atoms. The van der Waals surface area contributed by atoms with E-state index in [4.69, 9.17) is 9.47 Å². The van der Waals surface area contributed by atoms with Crippen molar-refractivity contribution in [3.63, 3.8) is 0 Å². The molecule has 0 spiro atoms. The van der Waals surface area contributed by atoms with Gasteiger partial charge in [-0.05, 0) is 18.6 Å². The predicted octanol–water partition coefficient (Wildman–Crippen LogP) is 2.52. The highest BCUT2D eigenvalue weighted by atomic mass is 16.5. The van der Waals surface area contributed by atoms with Crippen LogP contribution < -0.4 is 20.1 Å². The predicted molar refractivity (Wildman–Crippen MR) is 93.6 cm³/mol. The Balaban J connectivity index is 2.34. The van der Waals surface area contributed by atoms with Crippen LogP contribution in [0, 0.1) is 0 Å². The van der Waals surface area contributed by atoms with Crippen molar-refractivity contribution in [2.45, 2.75) is 39.0 Å². The summed E-state index contributed by atoms with van der Waals surface area (Å²) in [5.74, 6) is 0.784. The van der Waals surface area contributed by atoms with Gasteiger partial charge < -0.3 is 20.1 Å². The average molecular weight is 336 g/mol. The van der Waals surface area contributed by atoms with Crippen LogP contribution in [-0.2, 0) is 4.79 Å². The molecular weight excluding hydrogens is 308 g/mol. The highest BCUT2D eigenvalue weighted by Gasteiger charge is 2.10. The van der Waals surface area contributed by atoms with Crippen LogP contribution in [0.4, 0.5) is 0 Å². The maximum Gasteiger partial charge on any atom is 0.251 e. The van der Waals surface area contributed by atoms with Crippen LogP contribution in [-0.4, -0.2) is 39.1 Å². The molecule has 0 aliphatic heterocycles. The van der Waals surface area contributed by atoms with Gasteiger partial charge >= 0.3 is 0 Å². The number of carbonyl (C=O) groups is 2. The van der Waals surface area contributed by atoms with Gasteiger partial charge in [-0.15, -0.1) is 0 Å². The van der Waals surface area contributed by atoms with Crippen LogP contribution in [0.1, 0.15) is 49.4 Å². The van der Waals surface area contributed by atoms with Crippen LogP contribution in [0.2, 0.25) is 0 Å². The van der Waals surface area contributed by atoms with Gasteiger partial charge in [0.1, 0.15) is 11.5 Å². The quantitative estimate of drug-likeness (QED) is 0.609. The lowest BCUT2D eigenvalue weighted by Crippen LogP contribution is -2.31. The summed E-state index contributed by atoms with van der Waals surface area (Å²) < 4.78 is 10.3. The standard InChI is InChI=1S/C18H28N2O4/c1-4-5-6-7-9-19-17(21)8-10-20-18(22)14-11-15(23-2)13-16(12-14)24-3/h11-13H,4-10H2,1-3H3,(H,19,21)(H,20,22). The zero-order valence-electron chi connectivity index (χ0n) is 14.8. The van der Waals surface area contributed by atoms with Gasteiger partial charge in [0.15, 0.2) is 0 Å². The maximum absolute atomic E-state index is 12.1. The monoisotopic (exact) mass is 336 g/mol. The highest BCUT2D eigenvalue weighted by Crippen LogP contribution is 2.22. The summed E-state index contributed by atoms with van der Waals surface area (Å²) in [6, 6.07) is 4.96. The Morgan fingerprint density at radius 1 is 0.917 bits per heavy atom. The van der Waals surface area contributed by atoms with Gasteiger partial charge in [0.25, 0.3) is 5.91 Å². The van der Waals surface area contributed by atoms with E-state index in [-0.39, 0.29) is 18.2 Å². The minimum atomic E-state index is -0.261. The molecule has 1 rings (SSSR count). The van der Waals surface area contributed by atoms with Gasteiger partial charge in [-0.1, -0.05) is 26.2 Å². The van der Waals surface area contributed by atoms with Crippen LogP contribution in [0.15, 0.2) is 18.2 Å². The van der Waals surface area contributed by atoms with E-state index in [9.17, 15) is 9.59 Å². The van der Waals surface area contributed by atoms with Gasteiger partial charge in [0, 0.05) is 31.1 Å². The summed E-state index contributed by atoms with van der Waals surface area (Å²) in [4.78, 5) is 23.8. The molecule has 1 aromatic carbocycles. The number of methoxy groups -OCH3 is 2. The summed E-state index contributed by atoms with van der Waals surface area (Å²) >= 11 is 0. The minimum Gasteiger partial charge on any atom is -0.497 e. The summed E-state index contributed by atoms with van der Waals surface area (Å²) in [5, 5.41) is 5.59. The van der Waals surface area contributed by atoms with E-state index in [0.29, 0.717) is 30.2 Å². The maximum atomic E-state index is 12.1. The zero-order valence-corrected chi connectivity index (χ0v) is 14.8. The number of ether oxygens (including phenoxy) is 2. The molecule has 6 nitrogen and oxygen atoms in total. The average Bonchev–Trinajstić information content (AvgIpc) is 2.60. The Kier molecular flexibility index (Phi) is 9.34. The van der Waals surface area contributed by atoms with Gasteiger partial charge in [-0.25, -0.2) is 0 Å². The third-order valence-corrected chi connectivity index (χ3v) is 3.60. The number of carbonyl (C=O) groups excluding carboxylic acids is 2. The molecule has 0 fully saturated rings. The fourth-order valence-corrected chi connectivity index (χ4v) is 2.20. The number of hydrogen-bond donors (Lipinski definition) is 2. The number of amides is 2. The van der Waals surface area contributed by atoms with Crippen molar-refractivity contribution in [3.8, 4) is 11.5 Å². The van der Waals surface area contributed by atoms with E-state index in [1.54, 1.807) is 18.2 Å². The molecule has 0 saturated carbocycles. The first-order valence-corrected chi connectivity index (χ1v) is 8.38. The zero-order chi connectivity index (χ0) is 17.8. The largest absolute Gasteiger partial charge is 0.497 e. The number of benzene rings is 1. The van der Waals surface area contributed by atoms with Gasteiger partial charge in [0.05, 0.1) is 14.2 Å². The number of unbranched alkanes of at least 4 members (excludes halogenated alkanes) is 3. The van der Waals surface area contributed by atoms with Gasteiger partial charge in [-0.2, -0.15) is 0 Å². The highest BCUT2D eigenvalue weighted by molar-refractivity contribution is 5.95. The molecule has 0 heterocycles. The molecule has 1 aromatic rings. The van der Waals surface area contributed by atoms with Crippen molar-refractivity contribution in [3.05, 3.63) is 23.8 Å². The first kappa shape index (κ1) is 19.8. The number of nitrogens with one attached hydrogen (secondary N) is 2. The lowest BCUT2D eigenvalue weighted by atomic mass is 10.2. The Hall–Kier alpha value is -2.24. The van der Waals surface area contributed by atoms with E-state index in [2.05, 4.69) is 17.6 Å². The summed E-state index contributed by atoms with van der Waals surface area (Å²) in [6.45, 7) is 3.14. The third kappa shape index (κ3) is 7.35. The van der Waals surface area contributed by atoms with Crippen molar-refractivity contribution in [2.24, 2.45) is 0 Å². The molecule has 0 atom stereocenters. The molecule has 0 bridgehead atoms. The lowest BCUT2D eigenvalue weighted by Gasteiger charge is -2.09. The topological polar surface area (TPSA) is 76.7 Å². The number of rotatable bonds is 11. The van der Waals surface area contributed by atoms with Crippen molar-refractivity contribution < 1.29 is 19.1 Å². The molecule has 0 aliphatic rings. The van der Waals surface area contributed by atoms with E-state index in [0.717, 1.165) is 12.8 Å². The first-order valence-electron chi connectivity index (χ1n) is 8.38. The van der Waals surface area contributed by atoms with Crippen molar-refractivity contribution >= 4 is 11.8 Å². The second kappa shape index (κ2) is 11.3. The molecule has 0 radical (unpaired) electrons. The van der Waals surface area contributed by atoms with Gasteiger partial charge in [-0.3, -0.25) is 9.59 Å². The Morgan fingerprint density at radius 3 is 2.17 bits per heavy atom. The second-order valence-electron chi connectivity index (χ2n) is 5.52. The van der Waals surface area contributed by atoms with E-state index < -0.39 is 0 Å². The molecular formula is C18H28N2O4. The van der Waals surface area contributed by atoms with Crippen LogP contribution in [0.5, 0.6) is 11.5 Å². The lowest BCUT2D eigenvalue weighted by molar-refractivity contribution is -0.120. The third-order valence-electron chi connectivity index (χ3n) is 3.60. The molecule has 0 aliphatic carbocycles. The molecule has 6 heteroatoms. The number of hydrogen-bond acceptors (Lipinski definition) is 4. The summed E-state index contributed by atoms with van der Waals surface area (Å²) in [7, 11) is 3.06. The Morgan fingerprint density at radius 2 is 1.58 bits per heavy atom. The first-order chi connectivity index (χ1) is 11.6. The molecule has 0 unspecified atom stereocenters. The molecule has 2 N–H and O–H groups in total. The van der Waals surface area contributed by atoms with E-state index in [1.807, 2.05) is 0 Å². The van der Waals surface area contributed by atoms with Crippen molar-refractivity contribution in [1.82, 2.24) is 10.6 Å². The molecule has 0 saturated heterocycles. The second-order valence-corrected chi connectivity index (χ2v) is 5.52. The van der Waals surface area contributed by atoms with Gasteiger partial charge in [0.2, 0.25) is 5.91 Å². The molecule has 134 valence electrons. The fourth-order valence-electron chi connectivity index (χ4n) is 2.20. The van der Waals surface area contributed by atoms with E-state index in [1.165, 1.54) is 27.1 Å². The minimum absolute atomic E-state index is 0.0463. The normalized spacial score (nSPS) is 10.1. The van der Waals surface area contributed by atoms with Crippen LogP contribution in [0.3, 0.4) is 0 Å². The van der Waals surface area contributed by atoms with Crippen molar-refractivity contribution in [2.75, 3.05) is 27.3 Å². The van der Waals surface area contributed by atoms with Crippen LogP contribution in [0.25, 0.3) is 0 Å². The van der Waals surface area contributed by atoms with Crippen molar-refractivity contribution in [1.29, 1.82) is 0 Å². The fraction of sp³-hybridized carbons (Fsp3) is 0.556. The molecule has 0 aromatic heterocycles. The van der Waals surface area contributed by atoms with Crippen LogP contribution >= 0.6 is 0 Å². The SMILES string of the molecule is CCCCCCNC(=O)CCNC(=O)c1cc(OC)cc(OC)c1. The van der Waals surface area contributed by atoms with E-state index >= 15 is 0 Å².